The first-order valence-corrected chi connectivity index (χ1v) is 7.31. The minimum Gasteiger partial charge on any atom is -0.477 e. The summed E-state index contributed by atoms with van der Waals surface area (Å²) in [6.45, 7) is 0. The minimum atomic E-state index is -3.53. The van der Waals surface area contributed by atoms with Gasteiger partial charge in [-0.3, -0.25) is 0 Å². The number of carbonyl (C=O) groups is 1. The van der Waals surface area contributed by atoms with Gasteiger partial charge in [0.2, 0.25) is 9.84 Å². The molecule has 0 spiro atoms. The predicted molar refractivity (Wildman–Crippen MR) is 61.0 cm³/mol. The molecule has 7 heteroatoms. The Balaban J connectivity index is 2.48. The Kier molecular flexibility index (Phi) is 2.83. The molecule has 0 bridgehead atoms. The number of sulfone groups is 1. The number of carboxylic acid groups (broad SMARTS) is 1. The van der Waals surface area contributed by atoms with Crippen LogP contribution in [0.5, 0.6) is 0 Å². The third-order valence-electron chi connectivity index (χ3n) is 1.82. The minimum absolute atomic E-state index is 0.0233. The molecule has 0 aliphatic rings. The summed E-state index contributed by atoms with van der Waals surface area (Å²) in [5.74, 6) is -1.11. The zero-order chi connectivity index (χ0) is 11.8. The van der Waals surface area contributed by atoms with Crippen molar-refractivity contribution in [3.63, 3.8) is 0 Å². The van der Waals surface area contributed by atoms with Gasteiger partial charge in [-0.2, -0.15) is 0 Å². The van der Waals surface area contributed by atoms with E-state index in [2.05, 4.69) is 0 Å². The van der Waals surface area contributed by atoms with Crippen LogP contribution in [0.2, 0.25) is 0 Å². The van der Waals surface area contributed by atoms with Crippen molar-refractivity contribution in [3.8, 4) is 0 Å². The van der Waals surface area contributed by atoms with Crippen LogP contribution in [0.1, 0.15) is 9.67 Å². The maximum absolute atomic E-state index is 12.0. The molecule has 0 amide bonds. The van der Waals surface area contributed by atoms with Gasteiger partial charge in [-0.25, -0.2) is 13.2 Å². The summed E-state index contributed by atoms with van der Waals surface area (Å²) in [7, 11) is -3.53. The van der Waals surface area contributed by atoms with Gasteiger partial charge >= 0.3 is 5.97 Å². The summed E-state index contributed by atoms with van der Waals surface area (Å²) >= 11 is 1.88. The van der Waals surface area contributed by atoms with E-state index in [-0.39, 0.29) is 13.3 Å². The van der Waals surface area contributed by atoms with Crippen molar-refractivity contribution >= 4 is 38.5 Å². The largest absolute Gasteiger partial charge is 0.477 e. The summed E-state index contributed by atoms with van der Waals surface area (Å²) < 4.78 is 24.2. The maximum Gasteiger partial charge on any atom is 0.345 e. The van der Waals surface area contributed by atoms with Gasteiger partial charge in [0.05, 0.1) is 0 Å². The first-order chi connectivity index (χ1) is 7.51. The number of rotatable bonds is 3. The van der Waals surface area contributed by atoms with Crippen LogP contribution in [-0.4, -0.2) is 19.5 Å². The predicted octanol–water partition coefficient (Wildman–Crippen LogP) is 2.34. The van der Waals surface area contributed by atoms with Crippen LogP contribution in [0.25, 0.3) is 0 Å². The second-order valence-electron chi connectivity index (χ2n) is 2.86. The molecule has 2 aromatic rings. The molecule has 1 N–H and O–H groups in total. The molecule has 84 valence electrons. The molecule has 16 heavy (non-hydrogen) atoms. The van der Waals surface area contributed by atoms with Crippen molar-refractivity contribution in [1.82, 2.24) is 0 Å². The monoisotopic (exact) mass is 274 g/mol. The molecule has 0 unspecified atom stereocenters. The van der Waals surface area contributed by atoms with Crippen molar-refractivity contribution in [2.45, 2.75) is 8.42 Å². The van der Waals surface area contributed by atoms with Crippen molar-refractivity contribution < 1.29 is 18.3 Å². The summed E-state index contributed by atoms with van der Waals surface area (Å²) in [5.41, 5.74) is 0. The number of thiophene rings is 2. The quantitative estimate of drug-likeness (QED) is 0.932. The summed E-state index contributed by atoms with van der Waals surface area (Å²) in [6.07, 6.45) is 0. The van der Waals surface area contributed by atoms with E-state index >= 15 is 0 Å². The Morgan fingerprint density at radius 1 is 1.19 bits per heavy atom. The van der Waals surface area contributed by atoms with E-state index in [4.69, 9.17) is 5.11 Å². The number of aromatic carboxylic acids is 1. The van der Waals surface area contributed by atoms with Crippen LogP contribution in [0, 0.1) is 0 Å². The van der Waals surface area contributed by atoms with Crippen molar-refractivity contribution in [3.05, 3.63) is 34.5 Å². The number of hydrogen-bond acceptors (Lipinski definition) is 5. The van der Waals surface area contributed by atoms with Gasteiger partial charge in [-0.1, -0.05) is 6.07 Å². The SMILES string of the molecule is O=C(O)c1ccc(S(=O)(=O)c2cccs2)s1. The van der Waals surface area contributed by atoms with Gasteiger partial charge < -0.3 is 5.11 Å². The second kappa shape index (κ2) is 4.00. The molecule has 2 rings (SSSR count). The van der Waals surface area contributed by atoms with E-state index in [1.54, 1.807) is 11.4 Å². The van der Waals surface area contributed by atoms with Gasteiger partial charge in [-0.05, 0) is 23.6 Å². The summed E-state index contributed by atoms with van der Waals surface area (Å²) in [5, 5.41) is 10.4. The van der Waals surface area contributed by atoms with Crippen LogP contribution in [0.3, 0.4) is 0 Å². The molecule has 0 saturated carbocycles. The molecule has 0 radical (unpaired) electrons. The molecule has 0 fully saturated rings. The van der Waals surface area contributed by atoms with E-state index in [9.17, 15) is 13.2 Å². The van der Waals surface area contributed by atoms with Gasteiger partial charge in [0.25, 0.3) is 0 Å². The second-order valence-corrected chi connectivity index (χ2v) is 7.29. The fourth-order valence-electron chi connectivity index (χ4n) is 1.10. The average Bonchev–Trinajstić information content (AvgIpc) is 2.90. The normalized spacial score (nSPS) is 11.5. The molecular formula is C9H6O4S3. The molecular weight excluding hydrogens is 268 g/mol. The van der Waals surface area contributed by atoms with E-state index in [0.29, 0.717) is 0 Å². The molecule has 0 aromatic carbocycles. The Hall–Kier alpha value is -1.18. The fraction of sp³-hybridized carbons (Fsp3) is 0. The molecule has 2 heterocycles. The topological polar surface area (TPSA) is 71.4 Å². The van der Waals surface area contributed by atoms with Crippen molar-refractivity contribution in [1.29, 1.82) is 0 Å². The highest BCUT2D eigenvalue weighted by Gasteiger charge is 2.22. The Labute approximate surface area is 99.7 Å². The summed E-state index contributed by atoms with van der Waals surface area (Å²) in [6, 6.07) is 5.76. The molecule has 0 aliphatic carbocycles. The first-order valence-electron chi connectivity index (χ1n) is 4.13. The third-order valence-corrected chi connectivity index (χ3v) is 6.53. The van der Waals surface area contributed by atoms with E-state index in [0.717, 1.165) is 22.7 Å². The Bertz CT molecular complexity index is 607. The van der Waals surface area contributed by atoms with Crippen molar-refractivity contribution in [2.75, 3.05) is 0 Å². The molecule has 0 aliphatic heterocycles. The lowest BCUT2D eigenvalue weighted by molar-refractivity contribution is 0.0702. The maximum atomic E-state index is 12.0. The Morgan fingerprint density at radius 3 is 2.44 bits per heavy atom. The van der Waals surface area contributed by atoms with Crippen molar-refractivity contribution in [2.24, 2.45) is 0 Å². The van der Waals surface area contributed by atoms with Crippen LogP contribution >= 0.6 is 22.7 Å². The highest BCUT2D eigenvalue weighted by Crippen LogP contribution is 2.30. The van der Waals surface area contributed by atoms with Crippen LogP contribution in [0.15, 0.2) is 38.1 Å². The van der Waals surface area contributed by atoms with Crippen LogP contribution in [0.4, 0.5) is 0 Å². The molecule has 0 atom stereocenters. The number of hydrogen-bond donors (Lipinski definition) is 1. The standard InChI is InChI=1S/C9H6O4S3/c10-9(11)6-3-4-8(15-6)16(12,13)7-2-1-5-14-7/h1-5H,(H,10,11). The summed E-state index contributed by atoms with van der Waals surface area (Å²) in [4.78, 5) is 10.7. The molecule has 2 aromatic heterocycles. The first kappa shape index (κ1) is 11.3. The lowest BCUT2D eigenvalue weighted by Crippen LogP contribution is -1.96. The van der Waals surface area contributed by atoms with Crippen LogP contribution in [-0.2, 0) is 9.84 Å². The third kappa shape index (κ3) is 1.89. The Morgan fingerprint density at radius 2 is 1.94 bits per heavy atom. The zero-order valence-corrected chi connectivity index (χ0v) is 10.2. The van der Waals surface area contributed by atoms with Gasteiger partial charge in [-0.15, -0.1) is 22.7 Å². The zero-order valence-electron chi connectivity index (χ0n) is 7.78. The lowest BCUT2D eigenvalue weighted by Gasteiger charge is -1.95. The van der Waals surface area contributed by atoms with E-state index in [1.807, 2.05) is 0 Å². The fourth-order valence-corrected chi connectivity index (χ4v) is 4.90. The van der Waals surface area contributed by atoms with E-state index < -0.39 is 15.8 Å². The van der Waals surface area contributed by atoms with Crippen LogP contribution < -0.4 is 0 Å². The van der Waals surface area contributed by atoms with E-state index in [1.165, 1.54) is 18.2 Å². The lowest BCUT2D eigenvalue weighted by atomic mass is 10.5. The van der Waals surface area contributed by atoms with Gasteiger partial charge in [0, 0.05) is 0 Å². The van der Waals surface area contributed by atoms with Gasteiger partial charge in [0.1, 0.15) is 13.3 Å². The highest BCUT2D eigenvalue weighted by atomic mass is 32.3. The molecule has 0 saturated heterocycles. The average molecular weight is 274 g/mol. The molecule has 4 nitrogen and oxygen atoms in total. The highest BCUT2D eigenvalue weighted by molar-refractivity contribution is 7.95. The van der Waals surface area contributed by atoms with Gasteiger partial charge in [0.15, 0.2) is 0 Å². The smallest absolute Gasteiger partial charge is 0.345 e. The number of carboxylic acids is 1.